The van der Waals surface area contributed by atoms with Gasteiger partial charge < -0.3 is 5.32 Å². The summed E-state index contributed by atoms with van der Waals surface area (Å²) in [5.41, 5.74) is 0.410. The molecule has 0 bridgehead atoms. The van der Waals surface area contributed by atoms with Crippen LogP contribution in [0.1, 0.15) is 50.6 Å². The van der Waals surface area contributed by atoms with Crippen molar-refractivity contribution >= 4 is 16.7 Å². The largest absolute Gasteiger partial charge is 0.353 e. The minimum absolute atomic E-state index is 0.0136. The highest BCUT2D eigenvalue weighted by Gasteiger charge is 2.16. The van der Waals surface area contributed by atoms with Gasteiger partial charge in [0.05, 0.1) is 17.5 Å². The van der Waals surface area contributed by atoms with Crippen molar-refractivity contribution in [3.05, 3.63) is 40.3 Å². The molecule has 2 aromatic rings. The van der Waals surface area contributed by atoms with E-state index in [0.29, 0.717) is 11.1 Å². The standard InChI is InChI=1S/C18H23N3O2/c22-17(19-13-8-4-2-1-3-5-9-13)12-16-14-10-6-7-11-15(14)18(23)21-20-16/h6-7,10-11,13H,1-5,8-9,12H2,(H,19,22)(H,21,23). The maximum absolute atomic E-state index is 12.4. The number of nitrogens with zero attached hydrogens (tertiary/aromatic N) is 1. The van der Waals surface area contributed by atoms with E-state index in [1.807, 2.05) is 18.2 Å². The lowest BCUT2D eigenvalue weighted by atomic mass is 9.96. The Hall–Kier alpha value is -2.17. The SMILES string of the molecule is O=C(Cc1n[nH]c(=O)c2ccccc12)NC1CCCCCCC1. The first-order chi connectivity index (χ1) is 11.2. The fraction of sp³-hybridized carbons (Fsp3) is 0.500. The van der Waals surface area contributed by atoms with E-state index < -0.39 is 0 Å². The van der Waals surface area contributed by atoms with Gasteiger partial charge in [0.1, 0.15) is 0 Å². The Kier molecular flexibility index (Phi) is 5.05. The lowest BCUT2D eigenvalue weighted by Crippen LogP contribution is -2.36. The molecule has 5 heteroatoms. The van der Waals surface area contributed by atoms with Crippen LogP contribution in [-0.4, -0.2) is 22.1 Å². The van der Waals surface area contributed by atoms with Crippen molar-refractivity contribution < 1.29 is 4.79 Å². The maximum Gasteiger partial charge on any atom is 0.272 e. The first kappa shape index (κ1) is 15.7. The second-order valence-electron chi connectivity index (χ2n) is 6.33. The number of aromatic amines is 1. The number of amides is 1. The van der Waals surface area contributed by atoms with Gasteiger partial charge in [0.2, 0.25) is 5.91 Å². The average molecular weight is 313 g/mol. The maximum atomic E-state index is 12.4. The number of fused-ring (bicyclic) bond motifs is 1. The fourth-order valence-electron chi connectivity index (χ4n) is 3.34. The number of hydrogen-bond acceptors (Lipinski definition) is 3. The van der Waals surface area contributed by atoms with Gasteiger partial charge in [0.15, 0.2) is 0 Å². The predicted octanol–water partition coefficient (Wildman–Crippen LogP) is 2.69. The average Bonchev–Trinajstić information content (AvgIpc) is 2.53. The second kappa shape index (κ2) is 7.40. The molecule has 23 heavy (non-hydrogen) atoms. The monoisotopic (exact) mass is 313 g/mol. The van der Waals surface area contributed by atoms with Crippen LogP contribution in [0.25, 0.3) is 10.8 Å². The van der Waals surface area contributed by atoms with Gasteiger partial charge >= 0.3 is 0 Å². The molecule has 1 heterocycles. The van der Waals surface area contributed by atoms with Crippen LogP contribution >= 0.6 is 0 Å². The Balaban J connectivity index is 1.70. The van der Waals surface area contributed by atoms with Crippen LogP contribution in [0.2, 0.25) is 0 Å². The molecule has 0 atom stereocenters. The summed E-state index contributed by atoms with van der Waals surface area (Å²) in [7, 11) is 0. The highest BCUT2D eigenvalue weighted by molar-refractivity contribution is 5.88. The van der Waals surface area contributed by atoms with Crippen LogP contribution in [0.5, 0.6) is 0 Å². The molecule has 3 rings (SSSR count). The molecule has 1 amide bonds. The fourth-order valence-corrected chi connectivity index (χ4v) is 3.34. The van der Waals surface area contributed by atoms with Crippen molar-refractivity contribution in [2.45, 2.75) is 57.4 Å². The zero-order chi connectivity index (χ0) is 16.1. The topological polar surface area (TPSA) is 74.8 Å². The summed E-state index contributed by atoms with van der Waals surface area (Å²) in [6.07, 6.45) is 8.53. The number of H-pyrrole nitrogens is 1. The summed E-state index contributed by atoms with van der Waals surface area (Å²) in [5, 5.41) is 11.0. The molecule has 0 saturated heterocycles. The van der Waals surface area contributed by atoms with Gasteiger partial charge in [-0.05, 0) is 18.9 Å². The molecule has 0 unspecified atom stereocenters. The van der Waals surface area contributed by atoms with Crippen molar-refractivity contribution in [1.82, 2.24) is 15.5 Å². The van der Waals surface area contributed by atoms with E-state index >= 15 is 0 Å². The smallest absolute Gasteiger partial charge is 0.272 e. The van der Waals surface area contributed by atoms with E-state index in [1.165, 1.54) is 32.1 Å². The van der Waals surface area contributed by atoms with Crippen LogP contribution in [0, 0.1) is 0 Å². The number of carbonyl (C=O) groups is 1. The number of hydrogen-bond donors (Lipinski definition) is 2. The Morgan fingerprint density at radius 2 is 1.74 bits per heavy atom. The zero-order valence-electron chi connectivity index (χ0n) is 13.3. The van der Waals surface area contributed by atoms with Crippen LogP contribution in [0.4, 0.5) is 0 Å². The van der Waals surface area contributed by atoms with Gasteiger partial charge in [-0.2, -0.15) is 5.10 Å². The molecule has 1 aromatic carbocycles. The molecule has 1 aliphatic carbocycles. The predicted molar refractivity (Wildman–Crippen MR) is 90.3 cm³/mol. The van der Waals surface area contributed by atoms with Crippen molar-refractivity contribution in [2.24, 2.45) is 0 Å². The van der Waals surface area contributed by atoms with Crippen molar-refractivity contribution in [3.63, 3.8) is 0 Å². The molecular weight excluding hydrogens is 290 g/mol. The Morgan fingerprint density at radius 3 is 2.48 bits per heavy atom. The van der Waals surface area contributed by atoms with E-state index in [-0.39, 0.29) is 23.9 Å². The first-order valence-corrected chi connectivity index (χ1v) is 8.50. The summed E-state index contributed by atoms with van der Waals surface area (Å²) in [6.45, 7) is 0. The minimum Gasteiger partial charge on any atom is -0.353 e. The lowest BCUT2D eigenvalue weighted by molar-refractivity contribution is -0.121. The summed E-state index contributed by atoms with van der Waals surface area (Å²) < 4.78 is 0. The van der Waals surface area contributed by atoms with Crippen molar-refractivity contribution in [1.29, 1.82) is 0 Å². The summed E-state index contributed by atoms with van der Waals surface area (Å²) in [4.78, 5) is 24.2. The molecule has 1 saturated carbocycles. The second-order valence-corrected chi connectivity index (χ2v) is 6.33. The van der Waals surface area contributed by atoms with Gasteiger partial charge in [-0.3, -0.25) is 9.59 Å². The third-order valence-electron chi connectivity index (χ3n) is 4.57. The van der Waals surface area contributed by atoms with E-state index in [0.717, 1.165) is 18.2 Å². The number of benzene rings is 1. The summed E-state index contributed by atoms with van der Waals surface area (Å²) >= 11 is 0. The molecule has 1 aromatic heterocycles. The van der Waals surface area contributed by atoms with Crippen LogP contribution < -0.4 is 10.9 Å². The van der Waals surface area contributed by atoms with Crippen LogP contribution in [0.3, 0.4) is 0 Å². The molecule has 0 aliphatic heterocycles. The molecule has 0 spiro atoms. The van der Waals surface area contributed by atoms with E-state index in [9.17, 15) is 9.59 Å². The van der Waals surface area contributed by atoms with Gasteiger partial charge in [-0.1, -0.05) is 50.3 Å². The molecular formula is C18H23N3O2. The molecule has 2 N–H and O–H groups in total. The van der Waals surface area contributed by atoms with Crippen LogP contribution in [-0.2, 0) is 11.2 Å². The first-order valence-electron chi connectivity index (χ1n) is 8.50. The van der Waals surface area contributed by atoms with Gasteiger partial charge in [0, 0.05) is 11.4 Å². The Bertz CT molecular complexity index is 730. The third kappa shape index (κ3) is 3.97. The molecule has 122 valence electrons. The van der Waals surface area contributed by atoms with Crippen LogP contribution in [0.15, 0.2) is 29.1 Å². The normalized spacial score (nSPS) is 16.7. The Morgan fingerprint density at radius 1 is 1.09 bits per heavy atom. The number of rotatable bonds is 3. The van der Waals surface area contributed by atoms with Gasteiger partial charge in [0.25, 0.3) is 5.56 Å². The molecule has 0 radical (unpaired) electrons. The minimum atomic E-state index is -0.218. The van der Waals surface area contributed by atoms with Gasteiger partial charge in [-0.25, -0.2) is 5.10 Å². The quantitative estimate of drug-likeness (QED) is 0.915. The zero-order valence-corrected chi connectivity index (χ0v) is 13.3. The van der Waals surface area contributed by atoms with E-state index in [2.05, 4.69) is 15.5 Å². The Labute approximate surface area is 135 Å². The molecule has 5 nitrogen and oxygen atoms in total. The molecule has 1 fully saturated rings. The van der Waals surface area contributed by atoms with E-state index in [1.54, 1.807) is 6.07 Å². The number of aromatic nitrogens is 2. The van der Waals surface area contributed by atoms with Crippen molar-refractivity contribution in [2.75, 3.05) is 0 Å². The highest BCUT2D eigenvalue weighted by Crippen LogP contribution is 2.18. The lowest BCUT2D eigenvalue weighted by Gasteiger charge is -2.21. The number of nitrogens with one attached hydrogen (secondary N) is 2. The van der Waals surface area contributed by atoms with E-state index in [4.69, 9.17) is 0 Å². The summed E-state index contributed by atoms with van der Waals surface area (Å²) in [5.74, 6) is -0.0136. The van der Waals surface area contributed by atoms with Crippen molar-refractivity contribution in [3.8, 4) is 0 Å². The molecule has 1 aliphatic rings. The summed E-state index contributed by atoms with van der Waals surface area (Å²) in [6, 6.07) is 7.55. The highest BCUT2D eigenvalue weighted by atomic mass is 16.1. The van der Waals surface area contributed by atoms with Gasteiger partial charge in [-0.15, -0.1) is 0 Å². The third-order valence-corrected chi connectivity index (χ3v) is 4.57. The number of carbonyl (C=O) groups excluding carboxylic acids is 1.